The number of rotatable bonds is 0. The predicted octanol–water partition coefficient (Wildman–Crippen LogP) is 2.11. The first kappa shape index (κ1) is 8.37. The predicted molar refractivity (Wildman–Crippen MR) is 51.6 cm³/mol. The lowest BCUT2D eigenvalue weighted by molar-refractivity contribution is 0.629. The van der Waals surface area contributed by atoms with Crippen LogP contribution >= 0.6 is 15.9 Å². The summed E-state index contributed by atoms with van der Waals surface area (Å²) >= 11 is 3.19. The zero-order valence-corrected chi connectivity index (χ0v) is 8.05. The van der Waals surface area contributed by atoms with Gasteiger partial charge in [-0.3, -0.25) is 0 Å². The van der Waals surface area contributed by atoms with E-state index in [0.717, 1.165) is 0 Å². The third-order valence-corrected chi connectivity index (χ3v) is 2.07. The molecular formula is C8H5BrFN3. The number of nitrogen functional groups attached to an aromatic ring is 1. The van der Waals surface area contributed by atoms with Gasteiger partial charge in [0, 0.05) is 5.39 Å². The van der Waals surface area contributed by atoms with Crippen LogP contribution in [0.3, 0.4) is 0 Å². The Morgan fingerprint density at radius 2 is 2.08 bits per heavy atom. The summed E-state index contributed by atoms with van der Waals surface area (Å²) in [6.45, 7) is 0. The molecule has 2 aromatic rings. The van der Waals surface area contributed by atoms with E-state index in [1.165, 1.54) is 6.07 Å². The summed E-state index contributed by atoms with van der Waals surface area (Å²) in [5.74, 6) is -0.644. The van der Waals surface area contributed by atoms with Crippen molar-refractivity contribution in [3.8, 4) is 0 Å². The summed E-state index contributed by atoms with van der Waals surface area (Å²) < 4.78 is 13.6. The molecule has 0 spiro atoms. The summed E-state index contributed by atoms with van der Waals surface area (Å²) in [6.07, 6.45) is 0. The molecule has 0 aliphatic heterocycles. The van der Waals surface area contributed by atoms with Crippen molar-refractivity contribution in [2.75, 3.05) is 5.73 Å². The molecule has 0 unspecified atom stereocenters. The van der Waals surface area contributed by atoms with Gasteiger partial charge >= 0.3 is 0 Å². The van der Waals surface area contributed by atoms with E-state index in [0.29, 0.717) is 15.6 Å². The average Bonchev–Trinajstić information content (AvgIpc) is 2.08. The Bertz CT molecular complexity index is 472. The van der Waals surface area contributed by atoms with Crippen LogP contribution < -0.4 is 5.73 Å². The van der Waals surface area contributed by atoms with Crippen LogP contribution in [0.5, 0.6) is 0 Å². The van der Waals surface area contributed by atoms with E-state index in [4.69, 9.17) is 5.73 Å². The van der Waals surface area contributed by atoms with Gasteiger partial charge in [-0.25, -0.2) is 14.4 Å². The number of pyridine rings is 2. The Morgan fingerprint density at radius 1 is 1.31 bits per heavy atom. The number of halogens is 2. The highest BCUT2D eigenvalue weighted by Gasteiger charge is 2.03. The molecule has 0 amide bonds. The maximum absolute atomic E-state index is 12.9. The number of nitrogens with zero attached hydrogens (tertiary/aromatic N) is 2. The highest BCUT2D eigenvalue weighted by Crippen LogP contribution is 2.17. The van der Waals surface area contributed by atoms with Gasteiger partial charge in [0.25, 0.3) is 0 Å². The van der Waals surface area contributed by atoms with E-state index in [9.17, 15) is 4.39 Å². The molecule has 0 atom stereocenters. The Kier molecular flexibility index (Phi) is 1.88. The van der Waals surface area contributed by atoms with Gasteiger partial charge in [0.1, 0.15) is 4.60 Å². The molecular weight excluding hydrogens is 237 g/mol. The van der Waals surface area contributed by atoms with Crippen LogP contribution in [0.25, 0.3) is 11.0 Å². The SMILES string of the molecule is Nc1nc2nc(Br)ccc2cc1F. The molecule has 3 nitrogen and oxygen atoms in total. The monoisotopic (exact) mass is 241 g/mol. The maximum atomic E-state index is 12.9. The zero-order valence-electron chi connectivity index (χ0n) is 6.46. The summed E-state index contributed by atoms with van der Waals surface area (Å²) in [4.78, 5) is 7.83. The van der Waals surface area contributed by atoms with Crippen molar-refractivity contribution in [1.29, 1.82) is 0 Å². The third kappa shape index (κ3) is 1.47. The average molecular weight is 242 g/mol. The van der Waals surface area contributed by atoms with Gasteiger partial charge in [-0.1, -0.05) is 0 Å². The molecule has 2 rings (SSSR count). The summed E-state index contributed by atoms with van der Waals surface area (Å²) in [6, 6.07) is 4.76. The first-order valence-corrected chi connectivity index (χ1v) is 4.34. The van der Waals surface area contributed by atoms with Crippen molar-refractivity contribution in [3.05, 3.63) is 28.6 Å². The Hall–Kier alpha value is -1.23. The highest BCUT2D eigenvalue weighted by molar-refractivity contribution is 9.10. The molecule has 0 radical (unpaired) electrons. The van der Waals surface area contributed by atoms with Gasteiger partial charge in [-0.2, -0.15) is 0 Å². The van der Waals surface area contributed by atoms with Gasteiger partial charge in [-0.05, 0) is 34.1 Å². The van der Waals surface area contributed by atoms with Crippen molar-refractivity contribution in [1.82, 2.24) is 9.97 Å². The van der Waals surface area contributed by atoms with E-state index in [-0.39, 0.29) is 5.82 Å². The van der Waals surface area contributed by atoms with E-state index >= 15 is 0 Å². The second-order valence-electron chi connectivity index (χ2n) is 2.54. The molecule has 0 fully saturated rings. The lowest BCUT2D eigenvalue weighted by atomic mass is 10.3. The van der Waals surface area contributed by atoms with Gasteiger partial charge in [-0.15, -0.1) is 0 Å². The van der Waals surface area contributed by atoms with Gasteiger partial charge in [0.2, 0.25) is 0 Å². The fourth-order valence-corrected chi connectivity index (χ4v) is 1.32. The molecule has 0 bridgehead atoms. The first-order valence-electron chi connectivity index (χ1n) is 3.55. The minimum Gasteiger partial charge on any atom is -0.381 e. The standard InChI is InChI=1S/C8H5BrFN3/c9-6-2-1-4-3-5(10)7(11)13-8(4)12-6/h1-3H,(H2,11,12,13). The summed E-state index contributed by atoms with van der Waals surface area (Å²) in [5, 5.41) is 0.634. The number of hydrogen-bond donors (Lipinski definition) is 1. The minimum atomic E-state index is -0.517. The Morgan fingerprint density at radius 3 is 2.85 bits per heavy atom. The van der Waals surface area contributed by atoms with E-state index in [1.54, 1.807) is 12.1 Å². The van der Waals surface area contributed by atoms with Crippen LogP contribution in [0.1, 0.15) is 0 Å². The molecule has 0 aromatic carbocycles. The maximum Gasteiger partial charge on any atom is 0.166 e. The van der Waals surface area contributed by atoms with Crippen molar-refractivity contribution in [2.24, 2.45) is 0 Å². The third-order valence-electron chi connectivity index (χ3n) is 1.62. The topological polar surface area (TPSA) is 51.8 Å². The number of nitrogens with two attached hydrogens (primary N) is 1. The van der Waals surface area contributed by atoms with Crippen molar-refractivity contribution in [2.45, 2.75) is 0 Å². The molecule has 0 saturated heterocycles. The molecule has 2 heterocycles. The first-order chi connectivity index (χ1) is 6.16. The normalized spacial score (nSPS) is 10.6. The van der Waals surface area contributed by atoms with Gasteiger partial charge in [0.05, 0.1) is 0 Å². The lowest BCUT2D eigenvalue weighted by Gasteiger charge is -1.99. The Balaban J connectivity index is 2.81. The summed E-state index contributed by atoms with van der Waals surface area (Å²) in [7, 11) is 0. The van der Waals surface area contributed by atoms with Crippen LogP contribution in [-0.2, 0) is 0 Å². The molecule has 13 heavy (non-hydrogen) atoms. The fraction of sp³-hybridized carbons (Fsp3) is 0. The van der Waals surface area contributed by atoms with Crippen molar-refractivity contribution >= 4 is 32.8 Å². The van der Waals surface area contributed by atoms with Crippen molar-refractivity contribution < 1.29 is 4.39 Å². The molecule has 5 heteroatoms. The molecule has 2 N–H and O–H groups in total. The lowest BCUT2D eigenvalue weighted by Crippen LogP contribution is -1.96. The molecule has 66 valence electrons. The number of hydrogen-bond acceptors (Lipinski definition) is 3. The van der Waals surface area contributed by atoms with Crippen LogP contribution in [0, 0.1) is 5.82 Å². The van der Waals surface area contributed by atoms with Crippen LogP contribution in [-0.4, -0.2) is 9.97 Å². The number of anilines is 1. The van der Waals surface area contributed by atoms with E-state index in [1.807, 2.05) is 0 Å². The highest BCUT2D eigenvalue weighted by atomic mass is 79.9. The second-order valence-corrected chi connectivity index (χ2v) is 3.35. The quantitative estimate of drug-likeness (QED) is 0.720. The molecule has 2 aromatic heterocycles. The van der Waals surface area contributed by atoms with Crippen LogP contribution in [0.2, 0.25) is 0 Å². The van der Waals surface area contributed by atoms with E-state index in [2.05, 4.69) is 25.9 Å². The van der Waals surface area contributed by atoms with Crippen LogP contribution in [0.15, 0.2) is 22.8 Å². The molecule has 0 saturated carbocycles. The molecule has 0 aliphatic rings. The molecule has 0 aliphatic carbocycles. The van der Waals surface area contributed by atoms with Gasteiger partial charge < -0.3 is 5.73 Å². The Labute approximate surface area is 81.9 Å². The van der Waals surface area contributed by atoms with Crippen molar-refractivity contribution in [3.63, 3.8) is 0 Å². The minimum absolute atomic E-state index is 0.127. The smallest absolute Gasteiger partial charge is 0.166 e. The van der Waals surface area contributed by atoms with Crippen LogP contribution in [0.4, 0.5) is 10.2 Å². The second kappa shape index (κ2) is 2.92. The number of aromatic nitrogens is 2. The van der Waals surface area contributed by atoms with Gasteiger partial charge in [0.15, 0.2) is 17.3 Å². The fourth-order valence-electron chi connectivity index (χ4n) is 1.02. The number of fused-ring (bicyclic) bond motifs is 1. The zero-order chi connectivity index (χ0) is 9.42. The largest absolute Gasteiger partial charge is 0.381 e. The summed E-state index contributed by atoms with van der Waals surface area (Å²) in [5.41, 5.74) is 5.73. The van der Waals surface area contributed by atoms with E-state index < -0.39 is 5.82 Å².